The quantitative estimate of drug-likeness (QED) is 0.705. The second-order valence-electron chi connectivity index (χ2n) is 4.66. The summed E-state index contributed by atoms with van der Waals surface area (Å²) in [4.78, 5) is 24.6. The highest BCUT2D eigenvalue weighted by atomic mass is 16.2. The van der Waals surface area contributed by atoms with Gasteiger partial charge in [-0.2, -0.15) is 0 Å². The number of hydrogen-bond acceptors (Lipinski definition) is 3. The molecule has 1 aromatic rings. The second-order valence-corrected chi connectivity index (χ2v) is 4.66. The Morgan fingerprint density at radius 1 is 1.15 bits per heavy atom. The van der Waals surface area contributed by atoms with Gasteiger partial charge in [0, 0.05) is 45.5 Å². The van der Waals surface area contributed by atoms with Crippen LogP contribution in [0, 0.1) is 6.92 Å². The molecule has 0 atom stereocenters. The topological polar surface area (TPSA) is 73.5 Å². The number of amides is 3. The first-order valence-corrected chi connectivity index (χ1v) is 6.47. The fraction of sp³-hybridized carbons (Fsp3) is 0.429. The van der Waals surface area contributed by atoms with E-state index in [0.717, 1.165) is 11.3 Å². The number of nitrogens with one attached hydrogen (secondary N) is 3. The van der Waals surface area contributed by atoms with Gasteiger partial charge in [0.2, 0.25) is 0 Å². The molecule has 0 saturated carbocycles. The van der Waals surface area contributed by atoms with Crippen LogP contribution >= 0.6 is 0 Å². The molecule has 0 heterocycles. The maximum atomic E-state index is 11.9. The SMILES string of the molecule is CNc1ccc(C(=O)NCCNC(=O)N(C)C)cc1C. The Balaban J connectivity index is 2.43. The number of carbonyl (C=O) groups excluding carboxylic acids is 2. The van der Waals surface area contributed by atoms with Crippen LogP contribution in [0.2, 0.25) is 0 Å². The molecule has 3 N–H and O–H groups in total. The highest BCUT2D eigenvalue weighted by Gasteiger charge is 2.07. The van der Waals surface area contributed by atoms with Gasteiger partial charge < -0.3 is 20.9 Å². The minimum absolute atomic E-state index is 0.144. The molecule has 6 heteroatoms. The van der Waals surface area contributed by atoms with E-state index in [0.29, 0.717) is 18.7 Å². The van der Waals surface area contributed by atoms with Gasteiger partial charge in [0.15, 0.2) is 0 Å². The lowest BCUT2D eigenvalue weighted by molar-refractivity contribution is 0.0953. The molecule has 0 saturated heterocycles. The van der Waals surface area contributed by atoms with E-state index in [1.54, 1.807) is 20.2 Å². The van der Waals surface area contributed by atoms with E-state index in [-0.39, 0.29) is 11.9 Å². The van der Waals surface area contributed by atoms with Crippen LogP contribution in [0.4, 0.5) is 10.5 Å². The summed E-state index contributed by atoms with van der Waals surface area (Å²) in [5.41, 5.74) is 2.63. The summed E-state index contributed by atoms with van der Waals surface area (Å²) < 4.78 is 0. The standard InChI is InChI=1S/C14H22N4O2/c1-10-9-11(5-6-12(10)15-2)13(19)16-7-8-17-14(20)18(3)4/h5-6,9,15H,7-8H2,1-4H3,(H,16,19)(H,17,20). The average molecular weight is 278 g/mol. The predicted octanol–water partition coefficient (Wildman–Crippen LogP) is 1.04. The number of urea groups is 1. The van der Waals surface area contributed by atoms with Crippen molar-refractivity contribution in [2.24, 2.45) is 0 Å². The van der Waals surface area contributed by atoms with E-state index in [2.05, 4.69) is 16.0 Å². The van der Waals surface area contributed by atoms with Gasteiger partial charge in [-0.25, -0.2) is 4.79 Å². The third kappa shape index (κ3) is 4.46. The lowest BCUT2D eigenvalue weighted by Gasteiger charge is -2.12. The Kier molecular flexibility index (Phi) is 5.83. The highest BCUT2D eigenvalue weighted by molar-refractivity contribution is 5.94. The smallest absolute Gasteiger partial charge is 0.316 e. The molecular weight excluding hydrogens is 256 g/mol. The van der Waals surface area contributed by atoms with Crippen LogP contribution in [-0.2, 0) is 0 Å². The van der Waals surface area contributed by atoms with Crippen molar-refractivity contribution in [3.05, 3.63) is 29.3 Å². The zero-order valence-electron chi connectivity index (χ0n) is 12.4. The maximum absolute atomic E-state index is 11.9. The monoisotopic (exact) mass is 278 g/mol. The highest BCUT2D eigenvalue weighted by Crippen LogP contribution is 2.15. The minimum atomic E-state index is -0.173. The summed E-state index contributed by atoms with van der Waals surface area (Å²) in [6.07, 6.45) is 0. The third-order valence-corrected chi connectivity index (χ3v) is 2.85. The van der Waals surface area contributed by atoms with Crippen molar-refractivity contribution in [1.29, 1.82) is 0 Å². The van der Waals surface area contributed by atoms with Gasteiger partial charge in [-0.3, -0.25) is 4.79 Å². The third-order valence-electron chi connectivity index (χ3n) is 2.85. The Morgan fingerprint density at radius 2 is 1.80 bits per heavy atom. The molecular formula is C14H22N4O2. The van der Waals surface area contributed by atoms with E-state index >= 15 is 0 Å². The molecule has 0 fully saturated rings. The van der Waals surface area contributed by atoms with E-state index in [1.807, 2.05) is 26.1 Å². The summed E-state index contributed by atoms with van der Waals surface area (Å²) in [6.45, 7) is 2.74. The molecule has 1 rings (SSSR count). The number of aryl methyl sites for hydroxylation is 1. The molecule has 0 aliphatic rings. The second kappa shape index (κ2) is 7.37. The van der Waals surface area contributed by atoms with Gasteiger partial charge in [0.25, 0.3) is 5.91 Å². The Bertz CT molecular complexity index is 486. The van der Waals surface area contributed by atoms with E-state index in [9.17, 15) is 9.59 Å². The summed E-state index contributed by atoms with van der Waals surface area (Å²) in [7, 11) is 5.18. The summed E-state index contributed by atoms with van der Waals surface area (Å²) in [6, 6.07) is 5.30. The first-order chi connectivity index (χ1) is 9.45. The molecule has 6 nitrogen and oxygen atoms in total. The van der Waals surface area contributed by atoms with Gasteiger partial charge in [-0.1, -0.05) is 0 Å². The van der Waals surface area contributed by atoms with Crippen molar-refractivity contribution >= 4 is 17.6 Å². The molecule has 0 unspecified atom stereocenters. The van der Waals surface area contributed by atoms with Crippen LogP contribution in [-0.4, -0.2) is 51.1 Å². The molecule has 20 heavy (non-hydrogen) atoms. The van der Waals surface area contributed by atoms with Gasteiger partial charge >= 0.3 is 6.03 Å². The van der Waals surface area contributed by atoms with Crippen molar-refractivity contribution < 1.29 is 9.59 Å². The summed E-state index contributed by atoms with van der Waals surface area (Å²) in [5, 5.41) is 8.50. The number of benzene rings is 1. The van der Waals surface area contributed by atoms with Gasteiger partial charge in [0.05, 0.1) is 0 Å². The number of nitrogens with zero attached hydrogens (tertiary/aromatic N) is 1. The zero-order valence-corrected chi connectivity index (χ0v) is 12.4. The van der Waals surface area contributed by atoms with Crippen molar-refractivity contribution in [1.82, 2.24) is 15.5 Å². The molecule has 0 aliphatic heterocycles. The lowest BCUT2D eigenvalue weighted by Crippen LogP contribution is -2.39. The van der Waals surface area contributed by atoms with Gasteiger partial charge in [-0.05, 0) is 30.7 Å². The van der Waals surface area contributed by atoms with Crippen LogP contribution < -0.4 is 16.0 Å². The van der Waals surface area contributed by atoms with Crippen LogP contribution in [0.3, 0.4) is 0 Å². The normalized spacial score (nSPS) is 9.80. The number of carbonyl (C=O) groups is 2. The molecule has 0 radical (unpaired) electrons. The van der Waals surface area contributed by atoms with E-state index in [4.69, 9.17) is 0 Å². The minimum Gasteiger partial charge on any atom is -0.388 e. The largest absolute Gasteiger partial charge is 0.388 e. The molecule has 0 bridgehead atoms. The van der Waals surface area contributed by atoms with Gasteiger partial charge in [0.1, 0.15) is 0 Å². The number of rotatable bonds is 5. The molecule has 0 aliphatic carbocycles. The molecule has 3 amide bonds. The molecule has 0 aromatic heterocycles. The Labute approximate surface area is 119 Å². The Hall–Kier alpha value is -2.24. The molecule has 1 aromatic carbocycles. The summed E-state index contributed by atoms with van der Waals surface area (Å²) >= 11 is 0. The average Bonchev–Trinajstić information content (AvgIpc) is 2.42. The number of anilines is 1. The number of hydrogen-bond donors (Lipinski definition) is 3. The van der Waals surface area contributed by atoms with Gasteiger partial charge in [-0.15, -0.1) is 0 Å². The van der Waals surface area contributed by atoms with Crippen molar-refractivity contribution in [2.75, 3.05) is 39.5 Å². The van der Waals surface area contributed by atoms with Crippen molar-refractivity contribution in [3.63, 3.8) is 0 Å². The van der Waals surface area contributed by atoms with E-state index in [1.165, 1.54) is 4.90 Å². The lowest BCUT2D eigenvalue weighted by atomic mass is 10.1. The van der Waals surface area contributed by atoms with Crippen LogP contribution in [0.1, 0.15) is 15.9 Å². The first-order valence-electron chi connectivity index (χ1n) is 6.47. The predicted molar refractivity (Wildman–Crippen MR) is 80.1 cm³/mol. The maximum Gasteiger partial charge on any atom is 0.316 e. The van der Waals surface area contributed by atoms with E-state index < -0.39 is 0 Å². The van der Waals surface area contributed by atoms with Crippen LogP contribution in [0.5, 0.6) is 0 Å². The molecule has 0 spiro atoms. The van der Waals surface area contributed by atoms with Crippen molar-refractivity contribution in [2.45, 2.75) is 6.92 Å². The fourth-order valence-electron chi connectivity index (χ4n) is 1.69. The van der Waals surface area contributed by atoms with Crippen molar-refractivity contribution in [3.8, 4) is 0 Å². The zero-order chi connectivity index (χ0) is 15.1. The van der Waals surface area contributed by atoms with Crippen LogP contribution in [0.25, 0.3) is 0 Å². The fourth-order valence-corrected chi connectivity index (χ4v) is 1.69. The Morgan fingerprint density at radius 3 is 2.35 bits per heavy atom. The summed E-state index contributed by atoms with van der Waals surface area (Å²) in [5.74, 6) is -0.144. The molecule has 110 valence electrons. The van der Waals surface area contributed by atoms with Crippen LogP contribution in [0.15, 0.2) is 18.2 Å². The first kappa shape index (κ1) is 15.8.